The van der Waals surface area contributed by atoms with Crippen molar-refractivity contribution in [3.05, 3.63) is 87.3 Å². The van der Waals surface area contributed by atoms with Gasteiger partial charge in [0.25, 0.3) is 5.91 Å². The Labute approximate surface area is 237 Å². The molecule has 3 N–H and O–H groups in total. The molecule has 1 aliphatic carbocycles. The van der Waals surface area contributed by atoms with E-state index in [9.17, 15) is 18.0 Å². The first-order valence-corrected chi connectivity index (χ1v) is 15.4. The number of nitrogens with one attached hydrogen (secondary N) is 3. The molecule has 0 radical (unpaired) electrons. The summed E-state index contributed by atoms with van der Waals surface area (Å²) in [6.07, 6.45) is 8.01. The Morgan fingerprint density at radius 2 is 1.85 bits per heavy atom. The molecule has 0 saturated carbocycles. The van der Waals surface area contributed by atoms with Gasteiger partial charge in [-0.1, -0.05) is 18.2 Å². The van der Waals surface area contributed by atoms with Gasteiger partial charge in [-0.05, 0) is 73.2 Å². The molecule has 2 aromatic heterocycles. The number of hydroxylamine groups is 1. The lowest BCUT2D eigenvalue weighted by Crippen LogP contribution is -2.29. The molecule has 5 rings (SSSR count). The molecule has 0 saturated heterocycles. The van der Waals surface area contributed by atoms with Crippen LogP contribution in [0, 0.1) is 0 Å². The van der Waals surface area contributed by atoms with Crippen molar-refractivity contribution in [1.29, 1.82) is 0 Å². The molecule has 0 fully saturated rings. The van der Waals surface area contributed by atoms with E-state index in [-0.39, 0.29) is 16.7 Å². The fraction of sp³-hybridized carbons (Fsp3) is 0.310. The van der Waals surface area contributed by atoms with E-state index in [2.05, 4.69) is 38.2 Å². The summed E-state index contributed by atoms with van der Waals surface area (Å²) in [7, 11) is -1.66. The van der Waals surface area contributed by atoms with Gasteiger partial charge in [0, 0.05) is 36.6 Å². The number of hydrogen-bond acceptors (Lipinski definition) is 9. The fourth-order valence-electron chi connectivity index (χ4n) is 4.88. The normalized spacial score (nSPS) is 12.8. The van der Waals surface area contributed by atoms with E-state index in [1.54, 1.807) is 4.57 Å². The number of nitrogens with zero attached hydrogens (tertiary/aromatic N) is 3. The van der Waals surface area contributed by atoms with E-state index in [1.807, 2.05) is 30.3 Å². The summed E-state index contributed by atoms with van der Waals surface area (Å²) in [5.41, 5.74) is 7.23. The van der Waals surface area contributed by atoms with Crippen molar-refractivity contribution < 1.29 is 18.0 Å². The second kappa shape index (κ2) is 12.2. The minimum Gasteiger partial charge on any atom is -0.324 e. The zero-order valence-corrected chi connectivity index (χ0v) is 23.8. The Bertz CT molecular complexity index is 1750. The van der Waals surface area contributed by atoms with E-state index < -0.39 is 21.2 Å². The van der Waals surface area contributed by atoms with Gasteiger partial charge in [0.15, 0.2) is 5.65 Å². The number of aryl methyl sites for hydroxylation is 2. The van der Waals surface area contributed by atoms with Crippen molar-refractivity contribution in [3.63, 3.8) is 0 Å². The van der Waals surface area contributed by atoms with Crippen LogP contribution in [0.3, 0.4) is 0 Å². The Hall–Kier alpha value is -4.13. The monoisotopic (exact) mass is 576 g/mol. The molecule has 0 bridgehead atoms. The van der Waals surface area contributed by atoms with Crippen LogP contribution in [-0.2, 0) is 33.9 Å². The molecule has 2 aromatic carbocycles. The summed E-state index contributed by atoms with van der Waals surface area (Å²) in [6.45, 7) is 1.09. The second-order valence-electron chi connectivity index (χ2n) is 10.1. The SMILES string of the molecule is CONC(=O)c1cn(-c2ccc3c(c2)CCC3)c2nc(Nc3ccc(CCNCCS(C)(=O)=O)cc3)ncc2c1=O. The van der Waals surface area contributed by atoms with Gasteiger partial charge < -0.3 is 15.2 Å². The largest absolute Gasteiger partial charge is 0.324 e. The van der Waals surface area contributed by atoms with Crippen molar-refractivity contribution in [3.8, 4) is 5.69 Å². The third-order valence-corrected chi connectivity index (χ3v) is 7.94. The fourth-order valence-corrected chi connectivity index (χ4v) is 5.40. The maximum atomic E-state index is 13.2. The van der Waals surface area contributed by atoms with Gasteiger partial charge in [-0.3, -0.25) is 14.4 Å². The van der Waals surface area contributed by atoms with Gasteiger partial charge in [0.1, 0.15) is 15.4 Å². The van der Waals surface area contributed by atoms with Crippen molar-refractivity contribution in [2.75, 3.05) is 37.5 Å². The summed E-state index contributed by atoms with van der Waals surface area (Å²) in [6, 6.07) is 13.9. The van der Waals surface area contributed by atoms with Crippen molar-refractivity contribution in [2.45, 2.75) is 25.7 Å². The lowest BCUT2D eigenvalue weighted by atomic mass is 10.1. The average Bonchev–Trinajstić information content (AvgIpc) is 3.42. The molecule has 1 amide bonds. The van der Waals surface area contributed by atoms with Gasteiger partial charge in [0.2, 0.25) is 11.4 Å². The van der Waals surface area contributed by atoms with E-state index in [0.717, 1.165) is 42.6 Å². The topological polar surface area (TPSA) is 144 Å². The molecule has 1 aliphatic rings. The lowest BCUT2D eigenvalue weighted by Gasteiger charge is -2.15. The van der Waals surface area contributed by atoms with Gasteiger partial charge in [-0.15, -0.1) is 0 Å². The summed E-state index contributed by atoms with van der Waals surface area (Å²) >= 11 is 0. The highest BCUT2D eigenvalue weighted by Gasteiger charge is 2.19. The third kappa shape index (κ3) is 6.79. The standard InChI is InChI=1S/C29H32N6O5S/c1-40-34-28(37)25-18-35(23-11-8-20-4-3-5-21(20)16-23)27-24(26(25)36)17-31-29(33-27)32-22-9-6-19(7-10-22)12-13-30-14-15-41(2,38)39/h6-11,16-18,30H,3-5,12-15H2,1-2H3,(H,34,37)(H,31,32,33). The van der Waals surface area contributed by atoms with Gasteiger partial charge in [-0.25, -0.2) is 18.9 Å². The Kier molecular flexibility index (Phi) is 8.43. The molecule has 12 heteroatoms. The van der Waals surface area contributed by atoms with Crippen LogP contribution in [0.4, 0.5) is 11.6 Å². The van der Waals surface area contributed by atoms with Crippen molar-refractivity contribution in [2.24, 2.45) is 0 Å². The molecule has 11 nitrogen and oxygen atoms in total. The molecular weight excluding hydrogens is 544 g/mol. The van der Waals surface area contributed by atoms with Gasteiger partial charge in [-0.2, -0.15) is 4.98 Å². The number of sulfone groups is 1. The lowest BCUT2D eigenvalue weighted by molar-refractivity contribution is 0.0536. The van der Waals surface area contributed by atoms with E-state index >= 15 is 0 Å². The van der Waals surface area contributed by atoms with Crippen molar-refractivity contribution in [1.82, 2.24) is 25.3 Å². The number of carbonyl (C=O) groups is 1. The first-order valence-electron chi connectivity index (χ1n) is 13.3. The number of benzene rings is 2. The maximum absolute atomic E-state index is 13.2. The second-order valence-corrected chi connectivity index (χ2v) is 12.3. The Morgan fingerprint density at radius 1 is 1.07 bits per heavy atom. The summed E-state index contributed by atoms with van der Waals surface area (Å²) in [5, 5.41) is 6.54. The summed E-state index contributed by atoms with van der Waals surface area (Å²) in [5.74, 6) is -0.234. The number of carbonyl (C=O) groups excluding carboxylic acids is 1. The minimum absolute atomic E-state index is 0.0782. The number of fused-ring (bicyclic) bond motifs is 2. The molecule has 0 unspecified atom stereocenters. The zero-order valence-electron chi connectivity index (χ0n) is 22.9. The summed E-state index contributed by atoms with van der Waals surface area (Å²) in [4.78, 5) is 39.6. The highest BCUT2D eigenvalue weighted by atomic mass is 32.2. The number of hydrogen-bond donors (Lipinski definition) is 3. The van der Waals surface area contributed by atoms with Gasteiger partial charge in [0.05, 0.1) is 18.2 Å². The van der Waals surface area contributed by atoms with Crippen molar-refractivity contribution >= 4 is 38.4 Å². The minimum atomic E-state index is -2.97. The molecule has 4 aromatic rings. The van der Waals surface area contributed by atoms with Crippen LogP contribution >= 0.6 is 0 Å². The first-order chi connectivity index (χ1) is 19.7. The average molecular weight is 577 g/mol. The molecule has 2 heterocycles. The molecule has 0 atom stereocenters. The Balaban J connectivity index is 1.41. The predicted octanol–water partition coefficient (Wildman–Crippen LogP) is 2.48. The van der Waals surface area contributed by atoms with E-state index in [0.29, 0.717) is 24.7 Å². The highest BCUT2D eigenvalue weighted by Crippen LogP contribution is 2.26. The molecule has 214 valence electrons. The molecular formula is C29H32N6O5S. The van der Waals surface area contributed by atoms with Crippen LogP contribution in [0.2, 0.25) is 0 Å². The predicted molar refractivity (Wildman–Crippen MR) is 158 cm³/mol. The number of anilines is 2. The zero-order chi connectivity index (χ0) is 29.0. The first kappa shape index (κ1) is 28.4. The quantitative estimate of drug-likeness (QED) is 0.181. The van der Waals surface area contributed by atoms with E-state index in [1.165, 1.54) is 36.9 Å². The van der Waals surface area contributed by atoms with Gasteiger partial charge >= 0.3 is 0 Å². The molecule has 0 spiro atoms. The van der Waals surface area contributed by atoms with Crippen LogP contribution in [-0.4, -0.2) is 61.1 Å². The third-order valence-electron chi connectivity index (χ3n) is 6.99. The van der Waals surface area contributed by atoms with Crippen LogP contribution in [0.1, 0.15) is 33.5 Å². The van der Waals surface area contributed by atoms with E-state index in [4.69, 9.17) is 4.84 Å². The van der Waals surface area contributed by atoms with Crippen LogP contribution in [0.25, 0.3) is 16.7 Å². The van der Waals surface area contributed by atoms with Crippen LogP contribution in [0.15, 0.2) is 59.7 Å². The summed E-state index contributed by atoms with van der Waals surface area (Å²) < 4.78 is 24.2. The Morgan fingerprint density at radius 3 is 2.61 bits per heavy atom. The van der Waals surface area contributed by atoms with Crippen LogP contribution in [0.5, 0.6) is 0 Å². The smallest absolute Gasteiger partial charge is 0.280 e. The number of rotatable bonds is 11. The molecule has 41 heavy (non-hydrogen) atoms. The number of pyridine rings is 1. The van der Waals surface area contributed by atoms with Crippen LogP contribution < -0.4 is 21.5 Å². The number of amides is 1. The number of aromatic nitrogens is 3. The maximum Gasteiger partial charge on any atom is 0.280 e. The molecule has 0 aliphatic heterocycles. The highest BCUT2D eigenvalue weighted by molar-refractivity contribution is 7.90.